The van der Waals surface area contributed by atoms with Crippen molar-refractivity contribution in [2.75, 3.05) is 0 Å². The maximum atomic E-state index is 2.57. The van der Waals surface area contributed by atoms with E-state index in [0.717, 1.165) is 23.7 Å². The van der Waals surface area contributed by atoms with Crippen molar-refractivity contribution in [1.82, 2.24) is 0 Å². The summed E-state index contributed by atoms with van der Waals surface area (Å²) in [5.41, 5.74) is 0. The standard InChI is InChI=1S/C25H42/c1-3-5-7-11-23-18-20-25(21-19-23)13-9-8-12-24-16-14-22(15-17-24)10-6-4-2/h3-6,9,13,22-25H,7-8,10-12,14-21H2,1-2H3/b5-3+,6-4-,13-9+. The van der Waals surface area contributed by atoms with Gasteiger partial charge in [-0.3, -0.25) is 0 Å². The van der Waals surface area contributed by atoms with Crippen LogP contribution in [0.2, 0.25) is 0 Å². The SMILES string of the molecule is C/C=C\CC1CCC(CC/C=C/C2CCC(CC/C=C/C)CC2)CC1. The minimum Gasteiger partial charge on any atom is -0.0917 e. The Labute approximate surface area is 157 Å². The molecule has 0 saturated heterocycles. The van der Waals surface area contributed by atoms with Crippen LogP contribution in [0.4, 0.5) is 0 Å². The molecule has 25 heavy (non-hydrogen) atoms. The maximum Gasteiger partial charge on any atom is -0.0233 e. The van der Waals surface area contributed by atoms with Crippen LogP contribution in [0.1, 0.15) is 97.3 Å². The third kappa shape index (κ3) is 8.43. The van der Waals surface area contributed by atoms with E-state index in [2.05, 4.69) is 50.3 Å². The molecule has 2 fully saturated rings. The summed E-state index contributed by atoms with van der Waals surface area (Å²) in [6.45, 7) is 4.28. The van der Waals surface area contributed by atoms with E-state index in [-0.39, 0.29) is 0 Å². The molecule has 2 saturated carbocycles. The molecule has 142 valence electrons. The summed E-state index contributed by atoms with van der Waals surface area (Å²) in [5.74, 6) is 3.87. The van der Waals surface area contributed by atoms with Crippen LogP contribution in [0.3, 0.4) is 0 Å². The fraction of sp³-hybridized carbons (Fsp3) is 0.760. The van der Waals surface area contributed by atoms with Crippen LogP contribution in [-0.2, 0) is 0 Å². The lowest BCUT2D eigenvalue weighted by Gasteiger charge is -2.28. The van der Waals surface area contributed by atoms with E-state index in [1.54, 1.807) is 0 Å². The van der Waals surface area contributed by atoms with Gasteiger partial charge >= 0.3 is 0 Å². The van der Waals surface area contributed by atoms with E-state index in [0.29, 0.717) is 0 Å². The van der Waals surface area contributed by atoms with E-state index in [4.69, 9.17) is 0 Å². The molecule has 0 spiro atoms. The van der Waals surface area contributed by atoms with Crippen LogP contribution in [0.25, 0.3) is 0 Å². The normalized spacial score (nSPS) is 31.4. The van der Waals surface area contributed by atoms with Gasteiger partial charge in [0.2, 0.25) is 0 Å². The first-order valence-electron chi connectivity index (χ1n) is 11.2. The summed E-state index contributed by atoms with van der Waals surface area (Å²) in [5, 5.41) is 0. The summed E-state index contributed by atoms with van der Waals surface area (Å²) in [4.78, 5) is 0. The molecule has 2 aliphatic carbocycles. The highest BCUT2D eigenvalue weighted by Gasteiger charge is 2.20. The van der Waals surface area contributed by atoms with Gasteiger partial charge in [0.25, 0.3) is 0 Å². The average molecular weight is 343 g/mol. The van der Waals surface area contributed by atoms with Gasteiger partial charge in [-0.05, 0) is 108 Å². The predicted molar refractivity (Wildman–Crippen MR) is 113 cm³/mol. The molecule has 2 rings (SSSR count). The van der Waals surface area contributed by atoms with Gasteiger partial charge in [-0.2, -0.15) is 0 Å². The molecular formula is C25H42. The van der Waals surface area contributed by atoms with Crippen molar-refractivity contribution >= 4 is 0 Å². The zero-order chi connectivity index (χ0) is 17.7. The quantitative estimate of drug-likeness (QED) is 0.370. The Morgan fingerprint density at radius 3 is 1.72 bits per heavy atom. The molecule has 0 heterocycles. The second kappa shape index (κ2) is 12.6. The summed E-state index contributed by atoms with van der Waals surface area (Å²) in [7, 11) is 0. The smallest absolute Gasteiger partial charge is 0.0233 e. The molecule has 0 radical (unpaired) electrons. The highest BCUT2D eigenvalue weighted by molar-refractivity contribution is 4.92. The van der Waals surface area contributed by atoms with Gasteiger partial charge in [-0.15, -0.1) is 0 Å². The molecule has 0 aliphatic heterocycles. The molecule has 0 amide bonds. The van der Waals surface area contributed by atoms with Crippen LogP contribution in [0, 0.1) is 23.7 Å². The predicted octanol–water partition coefficient (Wildman–Crippen LogP) is 8.26. The maximum absolute atomic E-state index is 2.57. The number of hydrogen-bond acceptors (Lipinski definition) is 0. The molecule has 0 aromatic carbocycles. The third-order valence-electron chi connectivity index (χ3n) is 6.69. The lowest BCUT2D eigenvalue weighted by atomic mass is 9.78. The van der Waals surface area contributed by atoms with E-state index >= 15 is 0 Å². The van der Waals surface area contributed by atoms with Gasteiger partial charge in [0.1, 0.15) is 0 Å². The summed E-state index contributed by atoms with van der Waals surface area (Å²) < 4.78 is 0. The largest absolute Gasteiger partial charge is 0.0917 e. The summed E-state index contributed by atoms with van der Waals surface area (Å²) >= 11 is 0. The number of rotatable bonds is 9. The summed E-state index contributed by atoms with van der Waals surface area (Å²) in [6.07, 6.45) is 32.7. The second-order valence-corrected chi connectivity index (χ2v) is 8.62. The fourth-order valence-electron chi connectivity index (χ4n) is 4.87. The average Bonchev–Trinajstić information content (AvgIpc) is 2.66. The molecule has 0 nitrogen and oxygen atoms in total. The van der Waals surface area contributed by atoms with Gasteiger partial charge in [-0.1, -0.05) is 49.3 Å². The highest BCUT2D eigenvalue weighted by Crippen LogP contribution is 2.34. The fourth-order valence-corrected chi connectivity index (χ4v) is 4.87. The Balaban J connectivity index is 1.53. The molecule has 0 unspecified atom stereocenters. The minimum atomic E-state index is 0.884. The second-order valence-electron chi connectivity index (χ2n) is 8.62. The van der Waals surface area contributed by atoms with Crippen molar-refractivity contribution in [3.63, 3.8) is 0 Å². The third-order valence-corrected chi connectivity index (χ3v) is 6.69. The van der Waals surface area contributed by atoms with Crippen molar-refractivity contribution in [3.05, 3.63) is 36.5 Å². The van der Waals surface area contributed by atoms with Crippen LogP contribution in [0.15, 0.2) is 36.5 Å². The van der Waals surface area contributed by atoms with Crippen molar-refractivity contribution in [2.45, 2.75) is 97.3 Å². The van der Waals surface area contributed by atoms with Crippen molar-refractivity contribution in [3.8, 4) is 0 Å². The Hall–Kier alpha value is -0.780. The van der Waals surface area contributed by atoms with Crippen molar-refractivity contribution < 1.29 is 0 Å². The van der Waals surface area contributed by atoms with Crippen LogP contribution < -0.4 is 0 Å². The molecule has 2 aliphatic rings. The van der Waals surface area contributed by atoms with Crippen molar-refractivity contribution in [2.24, 2.45) is 23.7 Å². The molecule has 0 N–H and O–H groups in total. The van der Waals surface area contributed by atoms with Crippen molar-refractivity contribution in [1.29, 1.82) is 0 Å². The van der Waals surface area contributed by atoms with Gasteiger partial charge < -0.3 is 0 Å². The Morgan fingerprint density at radius 2 is 1.12 bits per heavy atom. The monoisotopic (exact) mass is 342 g/mol. The Morgan fingerprint density at radius 1 is 0.600 bits per heavy atom. The molecule has 0 atom stereocenters. The molecule has 0 aromatic rings. The van der Waals surface area contributed by atoms with Crippen LogP contribution in [0.5, 0.6) is 0 Å². The Kier molecular flexibility index (Phi) is 10.3. The minimum absolute atomic E-state index is 0.884. The number of hydrogen-bond donors (Lipinski definition) is 0. The lowest BCUT2D eigenvalue weighted by molar-refractivity contribution is 0.265. The molecule has 0 bridgehead atoms. The molecular weight excluding hydrogens is 300 g/mol. The first-order valence-corrected chi connectivity index (χ1v) is 11.2. The van der Waals surface area contributed by atoms with E-state index in [1.807, 2.05) is 0 Å². The van der Waals surface area contributed by atoms with E-state index < -0.39 is 0 Å². The van der Waals surface area contributed by atoms with E-state index in [9.17, 15) is 0 Å². The summed E-state index contributed by atoms with van der Waals surface area (Å²) in [6, 6.07) is 0. The lowest BCUT2D eigenvalue weighted by Crippen LogP contribution is -2.14. The van der Waals surface area contributed by atoms with E-state index in [1.165, 1.54) is 83.5 Å². The number of allylic oxidation sites excluding steroid dienone is 6. The first-order chi connectivity index (χ1) is 12.3. The van der Waals surface area contributed by atoms with Crippen LogP contribution >= 0.6 is 0 Å². The zero-order valence-electron chi connectivity index (χ0n) is 17.0. The molecule has 0 aromatic heterocycles. The van der Waals surface area contributed by atoms with Gasteiger partial charge in [0.15, 0.2) is 0 Å². The van der Waals surface area contributed by atoms with Crippen LogP contribution in [-0.4, -0.2) is 0 Å². The van der Waals surface area contributed by atoms with Gasteiger partial charge in [0, 0.05) is 0 Å². The zero-order valence-corrected chi connectivity index (χ0v) is 17.0. The van der Waals surface area contributed by atoms with Gasteiger partial charge in [0.05, 0.1) is 0 Å². The Bertz CT molecular complexity index is 398. The first kappa shape index (κ1) is 20.5. The molecule has 0 heteroatoms. The topological polar surface area (TPSA) is 0 Å². The highest BCUT2D eigenvalue weighted by atomic mass is 14.3. The van der Waals surface area contributed by atoms with Gasteiger partial charge in [-0.25, -0.2) is 0 Å².